The first-order valence-electron chi connectivity index (χ1n) is 7.64. The number of sulfone groups is 1. The monoisotopic (exact) mass is 366 g/mol. The van der Waals surface area contributed by atoms with E-state index in [-0.39, 0.29) is 28.5 Å². The number of aryl methyl sites for hydroxylation is 1. The van der Waals surface area contributed by atoms with Crippen LogP contribution in [-0.2, 0) is 16.4 Å². The first-order valence-corrected chi connectivity index (χ1v) is 9.87. The van der Waals surface area contributed by atoms with Crippen LogP contribution in [0.5, 0.6) is 5.88 Å². The number of fused-ring (bicyclic) bond motifs is 1. The molecule has 0 bridgehead atoms. The molecule has 2 N–H and O–H groups in total. The Morgan fingerprint density at radius 1 is 1.46 bits per heavy atom. The van der Waals surface area contributed by atoms with Gasteiger partial charge in [0.25, 0.3) is 0 Å². The molecule has 2 aromatic rings. The Labute approximate surface area is 145 Å². The number of hydrogen-bond acceptors (Lipinski definition) is 5. The Bertz CT molecular complexity index is 918. The van der Waals surface area contributed by atoms with E-state index in [1.54, 1.807) is 4.57 Å². The van der Waals surface area contributed by atoms with E-state index in [4.69, 9.17) is 12.2 Å². The topological polar surface area (TPSA) is 96.0 Å². The molecule has 0 unspecified atom stereocenters. The Morgan fingerprint density at radius 2 is 2.21 bits per heavy atom. The van der Waals surface area contributed by atoms with Gasteiger partial charge >= 0.3 is 0 Å². The van der Waals surface area contributed by atoms with E-state index in [9.17, 15) is 13.5 Å². The second-order valence-electron chi connectivity index (χ2n) is 5.68. The summed E-state index contributed by atoms with van der Waals surface area (Å²) in [7, 11) is -2.98. The van der Waals surface area contributed by atoms with Crippen LogP contribution in [-0.4, -0.2) is 40.8 Å². The molecule has 1 atom stereocenters. The zero-order valence-corrected chi connectivity index (χ0v) is 14.8. The quantitative estimate of drug-likeness (QED) is 0.643. The summed E-state index contributed by atoms with van der Waals surface area (Å²) < 4.78 is 24.7. The lowest BCUT2D eigenvalue weighted by Gasteiger charge is -2.08. The van der Waals surface area contributed by atoms with Crippen molar-refractivity contribution in [2.75, 3.05) is 11.5 Å². The third-order valence-corrected chi connectivity index (χ3v) is 6.00. The van der Waals surface area contributed by atoms with Crippen LogP contribution in [0.3, 0.4) is 0 Å². The molecule has 1 aromatic heterocycles. The molecule has 128 valence electrons. The molecule has 9 heteroatoms. The second-order valence-corrected chi connectivity index (χ2v) is 8.30. The Balaban J connectivity index is 1.81. The SMILES string of the molecule is CCn1c(O)c(N=NC(=S)N[C@H]2CCS(=O)(=O)C2)c2ccccc21. The molecule has 0 amide bonds. The molecule has 0 saturated carbocycles. The normalized spacial score (nSPS) is 20.0. The van der Waals surface area contributed by atoms with Crippen LogP contribution >= 0.6 is 12.2 Å². The highest BCUT2D eigenvalue weighted by Gasteiger charge is 2.28. The van der Waals surface area contributed by atoms with Crippen molar-refractivity contribution in [1.82, 2.24) is 9.88 Å². The van der Waals surface area contributed by atoms with Gasteiger partial charge in [-0.3, -0.25) is 0 Å². The Morgan fingerprint density at radius 3 is 2.88 bits per heavy atom. The van der Waals surface area contributed by atoms with Crippen molar-refractivity contribution in [3.8, 4) is 5.88 Å². The Kier molecular flexibility index (Phi) is 4.55. The number of para-hydroxylation sites is 1. The number of aromatic nitrogens is 1. The van der Waals surface area contributed by atoms with E-state index in [0.717, 1.165) is 10.9 Å². The van der Waals surface area contributed by atoms with Gasteiger partial charge in [0.15, 0.2) is 15.5 Å². The first kappa shape index (κ1) is 16.8. The average Bonchev–Trinajstić information content (AvgIpc) is 3.01. The summed E-state index contributed by atoms with van der Waals surface area (Å²) in [5, 5.41) is 22.2. The van der Waals surface area contributed by atoms with Crippen LogP contribution in [0.4, 0.5) is 5.69 Å². The summed E-state index contributed by atoms with van der Waals surface area (Å²) in [5.41, 5.74) is 1.22. The summed E-state index contributed by atoms with van der Waals surface area (Å²) in [6.07, 6.45) is 0.512. The number of aromatic hydroxyl groups is 1. The molecular formula is C15H18N4O3S2. The molecule has 1 aliphatic heterocycles. The second kappa shape index (κ2) is 6.48. The number of hydrogen-bond donors (Lipinski definition) is 2. The van der Waals surface area contributed by atoms with Gasteiger partial charge in [0.2, 0.25) is 11.0 Å². The van der Waals surface area contributed by atoms with Crippen molar-refractivity contribution in [2.24, 2.45) is 10.2 Å². The standard InChI is InChI=1S/C15H18N4O3S2/c1-2-19-12-6-4-3-5-11(12)13(14(19)20)17-18-15(23)16-10-7-8-24(21,22)9-10/h3-6,10,20H,2,7-9H2,1H3,(H,16,23)/t10-/m0/s1. The molecule has 1 saturated heterocycles. The lowest BCUT2D eigenvalue weighted by atomic mass is 10.2. The third-order valence-electron chi connectivity index (χ3n) is 4.03. The molecule has 0 radical (unpaired) electrons. The molecule has 0 aliphatic carbocycles. The van der Waals surface area contributed by atoms with Crippen LogP contribution in [0.25, 0.3) is 10.9 Å². The summed E-state index contributed by atoms with van der Waals surface area (Å²) >= 11 is 5.11. The Hall–Kier alpha value is -2.00. The van der Waals surface area contributed by atoms with Gasteiger partial charge < -0.3 is 15.0 Å². The zero-order valence-electron chi connectivity index (χ0n) is 13.1. The van der Waals surface area contributed by atoms with Gasteiger partial charge in [-0.2, -0.15) is 0 Å². The van der Waals surface area contributed by atoms with Crippen LogP contribution < -0.4 is 5.32 Å². The highest BCUT2D eigenvalue weighted by Crippen LogP contribution is 2.38. The smallest absolute Gasteiger partial charge is 0.220 e. The van der Waals surface area contributed by atoms with E-state index in [1.807, 2.05) is 31.2 Å². The first-order chi connectivity index (χ1) is 11.4. The summed E-state index contributed by atoms with van der Waals surface area (Å²) in [6.45, 7) is 2.53. The van der Waals surface area contributed by atoms with Gasteiger partial charge in [-0.25, -0.2) is 8.42 Å². The predicted molar refractivity (Wildman–Crippen MR) is 96.6 cm³/mol. The maximum atomic E-state index is 11.5. The number of nitrogens with one attached hydrogen (secondary N) is 1. The van der Waals surface area contributed by atoms with Crippen molar-refractivity contribution in [3.05, 3.63) is 24.3 Å². The maximum Gasteiger partial charge on any atom is 0.220 e. The number of azo groups is 1. The van der Waals surface area contributed by atoms with E-state index in [1.165, 1.54) is 0 Å². The minimum atomic E-state index is -2.98. The number of benzene rings is 1. The van der Waals surface area contributed by atoms with E-state index in [2.05, 4.69) is 15.5 Å². The lowest BCUT2D eigenvalue weighted by Crippen LogP contribution is -2.33. The fourth-order valence-electron chi connectivity index (χ4n) is 2.90. The van der Waals surface area contributed by atoms with Crippen molar-refractivity contribution >= 4 is 43.8 Å². The van der Waals surface area contributed by atoms with Crippen molar-refractivity contribution in [2.45, 2.75) is 25.9 Å². The fourth-order valence-corrected chi connectivity index (χ4v) is 4.78. The molecule has 2 heterocycles. The minimum absolute atomic E-state index is 0.0358. The van der Waals surface area contributed by atoms with Gasteiger partial charge in [0.1, 0.15) is 0 Å². The van der Waals surface area contributed by atoms with E-state index in [0.29, 0.717) is 18.7 Å². The van der Waals surface area contributed by atoms with Gasteiger partial charge in [-0.05, 0) is 31.6 Å². The van der Waals surface area contributed by atoms with E-state index >= 15 is 0 Å². The largest absolute Gasteiger partial charge is 0.493 e. The van der Waals surface area contributed by atoms with Crippen LogP contribution in [0.1, 0.15) is 13.3 Å². The van der Waals surface area contributed by atoms with Gasteiger partial charge in [-0.1, -0.05) is 18.2 Å². The number of thiocarbonyl (C=S) groups is 1. The molecule has 1 fully saturated rings. The predicted octanol–water partition coefficient (Wildman–Crippen LogP) is 2.51. The average molecular weight is 366 g/mol. The van der Waals surface area contributed by atoms with Gasteiger partial charge in [-0.15, -0.1) is 10.2 Å². The molecular weight excluding hydrogens is 348 g/mol. The number of nitrogens with zero attached hydrogens (tertiary/aromatic N) is 3. The minimum Gasteiger partial charge on any atom is -0.493 e. The third kappa shape index (κ3) is 3.27. The molecule has 0 spiro atoms. The summed E-state index contributed by atoms with van der Waals surface area (Å²) in [6, 6.07) is 7.28. The van der Waals surface area contributed by atoms with Gasteiger partial charge in [0.05, 0.1) is 17.0 Å². The van der Waals surface area contributed by atoms with Gasteiger partial charge in [0, 0.05) is 18.0 Å². The summed E-state index contributed by atoms with van der Waals surface area (Å²) in [5.74, 6) is 0.256. The molecule has 3 rings (SSSR count). The van der Waals surface area contributed by atoms with Crippen LogP contribution in [0.2, 0.25) is 0 Å². The lowest BCUT2D eigenvalue weighted by molar-refractivity contribution is 0.427. The summed E-state index contributed by atoms with van der Waals surface area (Å²) in [4.78, 5) is 0. The van der Waals surface area contributed by atoms with Crippen molar-refractivity contribution in [3.63, 3.8) is 0 Å². The van der Waals surface area contributed by atoms with Crippen molar-refractivity contribution < 1.29 is 13.5 Å². The highest BCUT2D eigenvalue weighted by molar-refractivity contribution is 7.91. The highest BCUT2D eigenvalue weighted by atomic mass is 32.2. The number of rotatable bonds is 3. The van der Waals surface area contributed by atoms with E-state index < -0.39 is 9.84 Å². The molecule has 1 aliphatic rings. The van der Waals surface area contributed by atoms with Crippen molar-refractivity contribution in [1.29, 1.82) is 0 Å². The molecule has 7 nitrogen and oxygen atoms in total. The molecule has 24 heavy (non-hydrogen) atoms. The van der Waals surface area contributed by atoms with Crippen LogP contribution in [0, 0.1) is 0 Å². The van der Waals surface area contributed by atoms with Crippen LogP contribution in [0.15, 0.2) is 34.5 Å². The zero-order chi connectivity index (χ0) is 17.3. The fraction of sp³-hybridized carbons (Fsp3) is 0.400. The molecule has 1 aromatic carbocycles. The maximum absolute atomic E-state index is 11.5.